The monoisotopic (exact) mass is 378 g/mol. The quantitative estimate of drug-likeness (QED) is 0.760. The van der Waals surface area contributed by atoms with Crippen molar-refractivity contribution in [2.45, 2.75) is 32.2 Å². The summed E-state index contributed by atoms with van der Waals surface area (Å²) >= 11 is 5.61. The van der Waals surface area contributed by atoms with Gasteiger partial charge < -0.3 is 15.4 Å². The van der Waals surface area contributed by atoms with Crippen molar-refractivity contribution >= 4 is 29.3 Å². The third kappa shape index (κ3) is 3.22. The topological polar surface area (TPSA) is 99.3 Å². The Morgan fingerprint density at radius 2 is 2.08 bits per heavy atom. The molecule has 0 saturated heterocycles. The number of carboxylic acid groups (broad SMARTS) is 1. The van der Waals surface area contributed by atoms with Crippen molar-refractivity contribution < 1.29 is 23.9 Å². The van der Waals surface area contributed by atoms with E-state index in [2.05, 4.69) is 10.3 Å². The normalized spacial score (nSPS) is 14.7. The number of aryl methyl sites for hydroxylation is 1. The molecule has 0 saturated carbocycles. The molecule has 0 fully saturated rings. The molecule has 3 N–H and O–H groups in total. The molecule has 136 valence electrons. The molecule has 26 heavy (non-hydrogen) atoms. The first-order valence-corrected chi connectivity index (χ1v) is 8.40. The van der Waals surface area contributed by atoms with Gasteiger partial charge in [0.05, 0.1) is 5.02 Å². The number of carbonyl (C=O) groups excluding carboxylic acids is 2. The zero-order valence-corrected chi connectivity index (χ0v) is 14.6. The van der Waals surface area contributed by atoms with Gasteiger partial charge in [0.25, 0.3) is 5.91 Å². The second kappa shape index (κ2) is 6.92. The van der Waals surface area contributed by atoms with Crippen LogP contribution < -0.4 is 5.32 Å². The van der Waals surface area contributed by atoms with E-state index in [1.165, 1.54) is 12.1 Å². The van der Waals surface area contributed by atoms with Gasteiger partial charge in [-0.2, -0.15) is 0 Å². The van der Waals surface area contributed by atoms with Crippen molar-refractivity contribution in [1.82, 2.24) is 10.3 Å². The van der Waals surface area contributed by atoms with Crippen LogP contribution in [0.5, 0.6) is 0 Å². The van der Waals surface area contributed by atoms with Gasteiger partial charge in [-0.25, -0.2) is 9.18 Å². The minimum absolute atomic E-state index is 0.0337. The summed E-state index contributed by atoms with van der Waals surface area (Å²) in [5, 5.41) is 11.6. The second-order valence-corrected chi connectivity index (χ2v) is 6.58. The van der Waals surface area contributed by atoms with Crippen LogP contribution in [-0.4, -0.2) is 27.8 Å². The van der Waals surface area contributed by atoms with E-state index in [0.29, 0.717) is 36.1 Å². The number of nitrogens with one attached hydrogen (secondary N) is 2. The number of ketones is 1. The minimum atomic E-state index is -1.45. The van der Waals surface area contributed by atoms with Crippen molar-refractivity contribution in [3.63, 3.8) is 0 Å². The molecule has 1 amide bonds. The van der Waals surface area contributed by atoms with Crippen LogP contribution >= 0.6 is 11.6 Å². The fourth-order valence-electron chi connectivity index (χ4n) is 3.18. The number of fused-ring (bicyclic) bond motifs is 1. The largest absolute Gasteiger partial charge is 0.479 e. The predicted octanol–water partition coefficient (Wildman–Crippen LogP) is 3.19. The Labute approximate surface area is 153 Å². The predicted molar refractivity (Wildman–Crippen MR) is 92.1 cm³/mol. The molecule has 1 aliphatic rings. The number of amides is 1. The molecule has 1 heterocycles. The summed E-state index contributed by atoms with van der Waals surface area (Å²) in [5.41, 5.74) is 1.89. The number of halogens is 2. The number of rotatable bonds is 4. The lowest BCUT2D eigenvalue weighted by Crippen LogP contribution is -2.34. The SMILES string of the molecule is Cc1c(C(=O)NC(C(=O)O)c2ccc(Cl)c(F)c2)[nH]c2c1C(=O)CCC2. The first-order valence-electron chi connectivity index (χ1n) is 8.03. The zero-order chi connectivity index (χ0) is 19.0. The van der Waals surface area contributed by atoms with E-state index in [1.54, 1.807) is 6.92 Å². The van der Waals surface area contributed by atoms with Crippen LogP contribution in [0.2, 0.25) is 5.02 Å². The fraction of sp³-hybridized carbons (Fsp3) is 0.278. The summed E-state index contributed by atoms with van der Waals surface area (Å²) in [6.45, 7) is 1.64. The number of aromatic nitrogens is 1. The Morgan fingerprint density at radius 3 is 2.69 bits per heavy atom. The highest BCUT2D eigenvalue weighted by molar-refractivity contribution is 6.30. The minimum Gasteiger partial charge on any atom is -0.479 e. The Balaban J connectivity index is 1.91. The first-order chi connectivity index (χ1) is 12.3. The number of H-pyrrole nitrogens is 1. The highest BCUT2D eigenvalue weighted by atomic mass is 35.5. The van der Waals surface area contributed by atoms with Gasteiger partial charge in [0.2, 0.25) is 0 Å². The van der Waals surface area contributed by atoms with Crippen molar-refractivity contribution in [1.29, 1.82) is 0 Å². The third-order valence-electron chi connectivity index (χ3n) is 4.46. The molecule has 8 heteroatoms. The summed E-state index contributed by atoms with van der Waals surface area (Å²) in [6.07, 6.45) is 1.78. The number of carbonyl (C=O) groups is 3. The first kappa shape index (κ1) is 18.1. The number of hydrogen-bond acceptors (Lipinski definition) is 3. The van der Waals surface area contributed by atoms with E-state index in [4.69, 9.17) is 11.6 Å². The zero-order valence-electron chi connectivity index (χ0n) is 13.9. The number of aliphatic carboxylic acids is 1. The molecule has 1 aromatic heterocycles. The number of benzene rings is 1. The molecule has 3 rings (SSSR count). The van der Waals surface area contributed by atoms with Crippen molar-refractivity contribution in [2.75, 3.05) is 0 Å². The average molecular weight is 379 g/mol. The Morgan fingerprint density at radius 1 is 1.35 bits per heavy atom. The van der Waals surface area contributed by atoms with Crippen LogP contribution in [0, 0.1) is 12.7 Å². The lowest BCUT2D eigenvalue weighted by Gasteiger charge is -2.15. The van der Waals surface area contributed by atoms with E-state index in [0.717, 1.165) is 6.07 Å². The Kier molecular flexibility index (Phi) is 4.82. The lowest BCUT2D eigenvalue weighted by atomic mass is 9.94. The van der Waals surface area contributed by atoms with E-state index >= 15 is 0 Å². The van der Waals surface area contributed by atoms with Gasteiger partial charge in [-0.3, -0.25) is 9.59 Å². The van der Waals surface area contributed by atoms with Gasteiger partial charge in [-0.05, 0) is 43.0 Å². The Bertz CT molecular complexity index is 922. The molecular weight excluding hydrogens is 363 g/mol. The standard InChI is InChI=1S/C18H16ClFN2O4/c1-8-14-12(3-2-4-13(14)23)21-15(8)17(24)22-16(18(25)26)9-5-6-10(19)11(20)7-9/h5-7,16,21H,2-4H2,1H3,(H,22,24)(H,25,26). The van der Waals surface area contributed by atoms with E-state index in [-0.39, 0.29) is 22.1 Å². The van der Waals surface area contributed by atoms with Crippen molar-refractivity contribution in [3.05, 3.63) is 57.1 Å². The summed E-state index contributed by atoms with van der Waals surface area (Å²) < 4.78 is 13.6. The maximum atomic E-state index is 13.6. The molecule has 0 radical (unpaired) electrons. The molecule has 2 aromatic rings. The third-order valence-corrected chi connectivity index (χ3v) is 4.77. The number of carboxylic acids is 1. The highest BCUT2D eigenvalue weighted by Gasteiger charge is 2.29. The van der Waals surface area contributed by atoms with Crippen LogP contribution in [0.1, 0.15) is 56.6 Å². The van der Waals surface area contributed by atoms with Crippen LogP contribution in [0.4, 0.5) is 4.39 Å². The number of aromatic amines is 1. The molecule has 6 nitrogen and oxygen atoms in total. The average Bonchev–Trinajstić information content (AvgIpc) is 2.93. The smallest absolute Gasteiger partial charge is 0.330 e. The van der Waals surface area contributed by atoms with Gasteiger partial charge in [-0.15, -0.1) is 0 Å². The van der Waals surface area contributed by atoms with Gasteiger partial charge >= 0.3 is 5.97 Å². The number of hydrogen-bond donors (Lipinski definition) is 3. The molecule has 1 atom stereocenters. The van der Waals surface area contributed by atoms with E-state index in [1.807, 2.05) is 0 Å². The molecule has 0 aliphatic heterocycles. The molecule has 0 spiro atoms. The highest BCUT2D eigenvalue weighted by Crippen LogP contribution is 2.27. The van der Waals surface area contributed by atoms with Crippen LogP contribution in [0.15, 0.2) is 18.2 Å². The maximum absolute atomic E-state index is 13.6. The van der Waals surface area contributed by atoms with E-state index < -0.39 is 23.7 Å². The maximum Gasteiger partial charge on any atom is 0.330 e. The molecule has 1 aliphatic carbocycles. The van der Waals surface area contributed by atoms with Crippen molar-refractivity contribution in [3.8, 4) is 0 Å². The van der Waals surface area contributed by atoms with Gasteiger partial charge in [0.15, 0.2) is 11.8 Å². The van der Waals surface area contributed by atoms with Crippen LogP contribution in [0.25, 0.3) is 0 Å². The van der Waals surface area contributed by atoms with Crippen molar-refractivity contribution in [2.24, 2.45) is 0 Å². The van der Waals surface area contributed by atoms with Gasteiger partial charge in [0.1, 0.15) is 11.5 Å². The van der Waals surface area contributed by atoms with Crippen LogP contribution in [-0.2, 0) is 11.2 Å². The molecular formula is C18H16ClFN2O4. The van der Waals surface area contributed by atoms with Gasteiger partial charge in [-0.1, -0.05) is 17.7 Å². The van der Waals surface area contributed by atoms with Crippen LogP contribution in [0.3, 0.4) is 0 Å². The summed E-state index contributed by atoms with van der Waals surface area (Å²) in [7, 11) is 0. The molecule has 1 aromatic carbocycles. The Hall–Kier alpha value is -2.67. The summed E-state index contributed by atoms with van der Waals surface area (Å²) in [4.78, 5) is 39.1. The summed E-state index contributed by atoms with van der Waals surface area (Å²) in [6, 6.07) is 2.08. The summed E-state index contributed by atoms with van der Waals surface area (Å²) in [5.74, 6) is -2.83. The molecule has 0 bridgehead atoms. The molecule has 1 unspecified atom stereocenters. The van der Waals surface area contributed by atoms with Gasteiger partial charge in [0, 0.05) is 17.7 Å². The second-order valence-electron chi connectivity index (χ2n) is 6.17. The lowest BCUT2D eigenvalue weighted by molar-refractivity contribution is -0.139. The van der Waals surface area contributed by atoms with E-state index in [9.17, 15) is 23.9 Å². The fourth-order valence-corrected chi connectivity index (χ4v) is 3.30. The number of Topliss-reactive ketones (excluding diaryl/α,β-unsaturated/α-hetero) is 1.